The summed E-state index contributed by atoms with van der Waals surface area (Å²) in [5, 5.41) is 0. The van der Waals surface area contributed by atoms with Crippen molar-refractivity contribution < 1.29 is 9.59 Å². The molecule has 0 fully saturated rings. The quantitative estimate of drug-likeness (QED) is 0.528. The molecule has 92 valence electrons. The largest absolute Gasteiger partial charge is 0.289 e. The fraction of sp³-hybridized carbons (Fsp3) is 0. The van der Waals surface area contributed by atoms with Crippen molar-refractivity contribution in [1.82, 2.24) is 4.57 Å². The van der Waals surface area contributed by atoms with Crippen LogP contribution in [0.15, 0.2) is 61.2 Å². The van der Waals surface area contributed by atoms with Gasteiger partial charge in [-0.3, -0.25) is 14.2 Å². The molecule has 2 aromatic heterocycles. The highest BCUT2D eigenvalue weighted by Gasteiger charge is 2.20. The van der Waals surface area contributed by atoms with Crippen LogP contribution >= 0.6 is 0 Å². The Bertz CT molecular complexity index is 768. The molecule has 3 rings (SSSR count). The number of hydrogen-bond donors (Lipinski definition) is 0. The molecule has 0 aliphatic carbocycles. The van der Waals surface area contributed by atoms with Crippen molar-refractivity contribution in [2.24, 2.45) is 0 Å². The van der Waals surface area contributed by atoms with E-state index in [0.29, 0.717) is 16.6 Å². The van der Waals surface area contributed by atoms with Crippen molar-refractivity contribution >= 4 is 22.7 Å². The minimum Gasteiger partial charge on any atom is -0.289 e. The third-order valence-electron chi connectivity index (χ3n) is 3.15. The summed E-state index contributed by atoms with van der Waals surface area (Å²) < 4.78 is 1.50. The molecule has 0 N–H and O–H groups in total. The smallest absolute Gasteiger partial charge is 0.254 e. The number of carbonyl (C=O) groups excluding carboxylic acids is 2. The number of allylic oxidation sites excluding steroid dienone is 1. The summed E-state index contributed by atoms with van der Waals surface area (Å²) in [6.45, 7) is 3.48. The number of ketones is 1. The fourth-order valence-electron chi connectivity index (χ4n) is 2.26. The van der Waals surface area contributed by atoms with E-state index in [4.69, 9.17) is 0 Å². The van der Waals surface area contributed by atoms with Crippen LogP contribution in [0.5, 0.6) is 0 Å². The van der Waals surface area contributed by atoms with E-state index in [1.807, 2.05) is 24.3 Å². The molecule has 3 heteroatoms. The number of nitrogens with zero attached hydrogens (tertiary/aromatic N) is 1. The Labute approximate surface area is 110 Å². The minimum absolute atomic E-state index is 0.0724. The zero-order valence-corrected chi connectivity index (χ0v) is 10.2. The number of rotatable bonds is 3. The molecule has 0 spiro atoms. The van der Waals surface area contributed by atoms with Crippen molar-refractivity contribution in [2.75, 3.05) is 0 Å². The fourth-order valence-corrected chi connectivity index (χ4v) is 2.26. The molecule has 3 aromatic rings. The van der Waals surface area contributed by atoms with Crippen molar-refractivity contribution in [2.45, 2.75) is 0 Å². The third-order valence-corrected chi connectivity index (χ3v) is 3.15. The van der Waals surface area contributed by atoms with Gasteiger partial charge in [0, 0.05) is 11.1 Å². The van der Waals surface area contributed by atoms with Crippen LogP contribution in [0.2, 0.25) is 0 Å². The number of carbonyl (C=O) groups is 2. The number of hydrogen-bond acceptors (Lipinski definition) is 2. The highest BCUT2D eigenvalue weighted by Crippen LogP contribution is 2.25. The Hall–Kier alpha value is -2.68. The summed E-state index contributed by atoms with van der Waals surface area (Å²) in [6, 6.07) is 14.4. The first kappa shape index (κ1) is 11.4. The van der Waals surface area contributed by atoms with Gasteiger partial charge in [-0.25, -0.2) is 0 Å². The Morgan fingerprint density at radius 3 is 2.47 bits per heavy atom. The highest BCUT2D eigenvalue weighted by molar-refractivity contribution is 6.17. The Kier molecular flexibility index (Phi) is 2.53. The molecule has 3 nitrogen and oxygen atoms in total. The van der Waals surface area contributed by atoms with Gasteiger partial charge in [0.05, 0.1) is 11.0 Å². The molecule has 0 saturated carbocycles. The Morgan fingerprint density at radius 1 is 1.05 bits per heavy atom. The van der Waals surface area contributed by atoms with Crippen LogP contribution in [-0.4, -0.2) is 16.3 Å². The lowest BCUT2D eigenvalue weighted by atomic mass is 10.0. The van der Waals surface area contributed by atoms with Crippen molar-refractivity contribution in [3.63, 3.8) is 0 Å². The van der Waals surface area contributed by atoms with E-state index in [1.165, 1.54) is 10.6 Å². The molecule has 0 saturated heterocycles. The number of aromatic nitrogens is 1. The monoisotopic (exact) mass is 249 g/mol. The first-order valence-corrected chi connectivity index (χ1v) is 5.92. The molecule has 0 aliphatic heterocycles. The van der Waals surface area contributed by atoms with E-state index in [0.717, 1.165) is 5.52 Å². The summed E-state index contributed by atoms with van der Waals surface area (Å²) >= 11 is 0. The molecule has 0 unspecified atom stereocenters. The number of benzene rings is 2. The maximum absolute atomic E-state index is 12.4. The number of fused-ring (bicyclic) bond motifs is 2. The van der Waals surface area contributed by atoms with Gasteiger partial charge in [0.25, 0.3) is 5.91 Å². The van der Waals surface area contributed by atoms with Gasteiger partial charge in [0.15, 0.2) is 5.78 Å². The molecule has 19 heavy (non-hydrogen) atoms. The molecule has 0 atom stereocenters. The van der Waals surface area contributed by atoms with Gasteiger partial charge in [-0.2, -0.15) is 0 Å². The topological polar surface area (TPSA) is 39.1 Å². The second-order valence-corrected chi connectivity index (χ2v) is 4.27. The summed E-state index contributed by atoms with van der Waals surface area (Å²) in [5.74, 6) is -0.293. The van der Waals surface area contributed by atoms with Crippen LogP contribution in [-0.2, 0) is 0 Å². The first-order chi connectivity index (χ1) is 9.22. The lowest BCUT2D eigenvalue weighted by molar-refractivity contribution is 0.0979. The predicted octanol–water partition coefficient (Wildman–Crippen LogP) is 3.14. The summed E-state index contributed by atoms with van der Waals surface area (Å²) in [4.78, 5) is 24.2. The van der Waals surface area contributed by atoms with Gasteiger partial charge in [-0.05, 0) is 24.3 Å². The molecule has 0 radical (unpaired) electrons. The predicted molar refractivity (Wildman–Crippen MR) is 73.8 cm³/mol. The van der Waals surface area contributed by atoms with Gasteiger partial charge in [-0.1, -0.05) is 36.9 Å². The summed E-state index contributed by atoms with van der Waals surface area (Å²) in [6.07, 6.45) is 1.25. The van der Waals surface area contributed by atoms with Crippen LogP contribution in [0, 0.1) is 0 Å². The van der Waals surface area contributed by atoms with Crippen LogP contribution in [0.3, 0.4) is 0 Å². The Balaban J connectivity index is 2.12. The molecule has 2 bridgehead atoms. The van der Waals surface area contributed by atoms with Gasteiger partial charge in [0.1, 0.15) is 0 Å². The second-order valence-electron chi connectivity index (χ2n) is 4.27. The molecular weight excluding hydrogens is 238 g/mol. The lowest BCUT2D eigenvalue weighted by Gasteiger charge is -2.00. The zero-order chi connectivity index (χ0) is 13.4. The average molecular weight is 249 g/mol. The molecule has 1 aromatic carbocycles. The van der Waals surface area contributed by atoms with Gasteiger partial charge < -0.3 is 0 Å². The summed E-state index contributed by atoms with van der Waals surface area (Å²) in [5.41, 5.74) is 2.53. The van der Waals surface area contributed by atoms with Gasteiger partial charge in [-0.15, -0.1) is 0 Å². The summed E-state index contributed by atoms with van der Waals surface area (Å²) in [7, 11) is 0. The van der Waals surface area contributed by atoms with E-state index in [9.17, 15) is 9.59 Å². The van der Waals surface area contributed by atoms with E-state index in [1.54, 1.807) is 24.3 Å². The molecule has 0 amide bonds. The van der Waals surface area contributed by atoms with Crippen molar-refractivity contribution in [1.29, 1.82) is 0 Å². The van der Waals surface area contributed by atoms with Gasteiger partial charge in [0.2, 0.25) is 0 Å². The molecule has 2 heterocycles. The zero-order valence-electron chi connectivity index (χ0n) is 10.2. The van der Waals surface area contributed by atoms with E-state index in [-0.39, 0.29) is 11.7 Å². The highest BCUT2D eigenvalue weighted by atomic mass is 16.2. The van der Waals surface area contributed by atoms with Crippen molar-refractivity contribution in [3.05, 3.63) is 72.3 Å². The second kappa shape index (κ2) is 4.21. The van der Waals surface area contributed by atoms with E-state index in [2.05, 4.69) is 6.58 Å². The van der Waals surface area contributed by atoms with E-state index < -0.39 is 0 Å². The maximum Gasteiger partial charge on any atom is 0.254 e. The SMILES string of the molecule is C=CC(=O)n1c2ccc1c(C(=O)c1ccccc1)c2. The Morgan fingerprint density at radius 2 is 1.79 bits per heavy atom. The van der Waals surface area contributed by atoms with Gasteiger partial charge >= 0.3 is 0 Å². The van der Waals surface area contributed by atoms with Crippen LogP contribution in [0.25, 0.3) is 11.0 Å². The van der Waals surface area contributed by atoms with Crippen LogP contribution < -0.4 is 0 Å². The van der Waals surface area contributed by atoms with E-state index >= 15 is 0 Å². The standard InChI is InChI=1S/C16H11NO2/c1-2-15(18)17-12-8-9-14(17)13(10-12)16(19)11-6-4-3-5-7-11/h2-10H,1H2. The first-order valence-electron chi connectivity index (χ1n) is 5.92. The van der Waals surface area contributed by atoms with Crippen molar-refractivity contribution in [3.8, 4) is 0 Å². The van der Waals surface area contributed by atoms with Crippen LogP contribution in [0.4, 0.5) is 0 Å². The normalized spacial score (nSPS) is 10.7. The minimum atomic E-state index is -0.220. The third kappa shape index (κ3) is 1.67. The molecule has 0 aliphatic rings. The van der Waals surface area contributed by atoms with Crippen LogP contribution in [0.1, 0.15) is 20.7 Å². The maximum atomic E-state index is 12.4. The lowest BCUT2D eigenvalue weighted by Crippen LogP contribution is -2.05. The molecular formula is C16H11NO2. The average Bonchev–Trinajstić information content (AvgIpc) is 3.04.